The van der Waals surface area contributed by atoms with E-state index < -0.39 is 6.11 Å². The normalized spacial score (nSPS) is 26.8. The molecular weight excluding hydrogens is 402 g/mol. The third kappa shape index (κ3) is 5.98. The van der Waals surface area contributed by atoms with Crippen LogP contribution in [0, 0.1) is 11.8 Å². The lowest BCUT2D eigenvalue weighted by molar-refractivity contribution is -0.248. The molecule has 174 valence electrons. The highest BCUT2D eigenvalue weighted by Gasteiger charge is 2.33. The van der Waals surface area contributed by atoms with Crippen LogP contribution in [-0.2, 0) is 17.3 Å². The molecule has 32 heavy (non-hydrogen) atoms. The van der Waals surface area contributed by atoms with E-state index >= 15 is 0 Å². The van der Waals surface area contributed by atoms with Crippen molar-refractivity contribution in [3.63, 3.8) is 0 Å². The monoisotopic (exact) mass is 440 g/mol. The number of hydrogen-bond acceptors (Lipinski definition) is 1. The summed E-state index contributed by atoms with van der Waals surface area (Å²) in [7, 11) is 0. The minimum Gasteiger partial charge on any atom is -0.316 e. The smallest absolute Gasteiger partial charge is 0.316 e. The average molecular weight is 441 g/mol. The van der Waals surface area contributed by atoms with Gasteiger partial charge < -0.3 is 4.74 Å². The zero-order chi connectivity index (χ0) is 22.6. The van der Waals surface area contributed by atoms with Crippen molar-refractivity contribution in [1.82, 2.24) is 0 Å². The molecule has 0 aromatic heterocycles. The van der Waals surface area contributed by atoms with E-state index in [1.165, 1.54) is 49.7 Å². The summed E-state index contributed by atoms with van der Waals surface area (Å²) in [5.41, 5.74) is 3.58. The zero-order valence-corrected chi connectivity index (χ0v) is 19.7. The molecule has 0 unspecified atom stereocenters. The maximum Gasteiger partial charge on any atom is 0.383 e. The fourth-order valence-electron chi connectivity index (χ4n) is 5.47. The van der Waals surface area contributed by atoms with Crippen LogP contribution in [0.15, 0.2) is 48.5 Å². The van der Waals surface area contributed by atoms with Gasteiger partial charge >= 0.3 is 6.11 Å². The molecule has 2 aliphatic carbocycles. The molecule has 0 bridgehead atoms. The highest BCUT2D eigenvalue weighted by molar-refractivity contribution is 5.28. The third-order valence-corrected chi connectivity index (χ3v) is 7.88. The SMILES string of the molecule is C[C@H]1CC[C@H](c2ccc(CCOC(F)(F)c3ccc([C@H]4CC[C@H](C)CC4)cc3)cc2)CC1. The Morgan fingerprint density at radius 3 is 1.59 bits per heavy atom. The van der Waals surface area contributed by atoms with Crippen molar-refractivity contribution < 1.29 is 13.5 Å². The van der Waals surface area contributed by atoms with E-state index in [4.69, 9.17) is 4.74 Å². The van der Waals surface area contributed by atoms with Gasteiger partial charge in [-0.25, -0.2) is 0 Å². The average Bonchev–Trinajstić information content (AvgIpc) is 2.81. The third-order valence-electron chi connectivity index (χ3n) is 7.88. The van der Waals surface area contributed by atoms with E-state index in [1.54, 1.807) is 12.1 Å². The summed E-state index contributed by atoms with van der Waals surface area (Å²) in [6.45, 7) is 4.64. The first-order valence-corrected chi connectivity index (χ1v) is 12.6. The Morgan fingerprint density at radius 1 is 0.688 bits per heavy atom. The summed E-state index contributed by atoms with van der Waals surface area (Å²) in [6.07, 6.45) is 7.14. The largest absolute Gasteiger partial charge is 0.383 e. The summed E-state index contributed by atoms with van der Waals surface area (Å²) < 4.78 is 34.2. The van der Waals surface area contributed by atoms with E-state index in [1.807, 2.05) is 12.1 Å². The zero-order valence-electron chi connectivity index (χ0n) is 19.7. The number of alkyl halides is 2. The summed E-state index contributed by atoms with van der Waals surface area (Å²) in [5, 5.41) is 0. The van der Waals surface area contributed by atoms with Crippen LogP contribution in [0.3, 0.4) is 0 Å². The lowest BCUT2D eigenvalue weighted by Gasteiger charge is -2.27. The van der Waals surface area contributed by atoms with E-state index in [2.05, 4.69) is 38.1 Å². The Labute approximate surface area is 192 Å². The van der Waals surface area contributed by atoms with Gasteiger partial charge in [0.1, 0.15) is 0 Å². The van der Waals surface area contributed by atoms with Crippen LogP contribution < -0.4 is 0 Å². The summed E-state index contributed by atoms with van der Waals surface area (Å²) in [5.74, 6) is 2.79. The molecule has 0 aliphatic heterocycles. The van der Waals surface area contributed by atoms with E-state index in [0.29, 0.717) is 18.3 Å². The number of hydrogen-bond donors (Lipinski definition) is 0. The molecule has 2 aliphatic rings. The summed E-state index contributed by atoms with van der Waals surface area (Å²) >= 11 is 0. The van der Waals surface area contributed by atoms with Crippen molar-refractivity contribution in [1.29, 1.82) is 0 Å². The van der Waals surface area contributed by atoms with Gasteiger partial charge in [0.15, 0.2) is 0 Å². The van der Waals surface area contributed by atoms with Crippen LogP contribution in [0.4, 0.5) is 8.78 Å². The van der Waals surface area contributed by atoms with Crippen LogP contribution in [0.1, 0.15) is 99.3 Å². The highest BCUT2D eigenvalue weighted by atomic mass is 19.3. The molecule has 0 atom stereocenters. The van der Waals surface area contributed by atoms with E-state index in [-0.39, 0.29) is 12.2 Å². The number of halogens is 2. The first-order chi connectivity index (χ1) is 15.4. The second-order valence-corrected chi connectivity index (χ2v) is 10.4. The first-order valence-electron chi connectivity index (χ1n) is 12.6. The molecule has 0 spiro atoms. The molecule has 1 nitrogen and oxygen atoms in total. The Kier molecular flexibility index (Phi) is 7.66. The molecule has 4 rings (SSSR count). The molecule has 2 fully saturated rings. The Hall–Kier alpha value is -1.74. The molecule has 3 heteroatoms. The van der Waals surface area contributed by atoms with Gasteiger partial charge in [0.05, 0.1) is 12.2 Å². The molecule has 2 aromatic carbocycles. The molecular formula is C29H38F2O. The second-order valence-electron chi connectivity index (χ2n) is 10.4. The van der Waals surface area contributed by atoms with Crippen LogP contribution in [0.2, 0.25) is 0 Å². The van der Waals surface area contributed by atoms with Crippen LogP contribution in [-0.4, -0.2) is 6.61 Å². The van der Waals surface area contributed by atoms with Crippen LogP contribution in [0.25, 0.3) is 0 Å². The maximum atomic E-state index is 14.6. The number of ether oxygens (including phenoxy) is 1. The van der Waals surface area contributed by atoms with Crippen molar-refractivity contribution >= 4 is 0 Å². The summed E-state index contributed by atoms with van der Waals surface area (Å²) in [4.78, 5) is 0. The fourth-order valence-corrected chi connectivity index (χ4v) is 5.47. The fraction of sp³-hybridized carbons (Fsp3) is 0.586. The molecule has 0 saturated heterocycles. The topological polar surface area (TPSA) is 9.23 Å². The van der Waals surface area contributed by atoms with Crippen LogP contribution >= 0.6 is 0 Å². The van der Waals surface area contributed by atoms with Gasteiger partial charge in [-0.2, -0.15) is 8.78 Å². The summed E-state index contributed by atoms with van der Waals surface area (Å²) in [6, 6.07) is 15.4. The van der Waals surface area contributed by atoms with Crippen molar-refractivity contribution in [3.05, 3.63) is 70.8 Å². The van der Waals surface area contributed by atoms with Crippen molar-refractivity contribution in [2.45, 2.75) is 89.6 Å². The molecule has 2 saturated carbocycles. The van der Waals surface area contributed by atoms with Gasteiger partial charge in [0, 0.05) is 0 Å². The van der Waals surface area contributed by atoms with Gasteiger partial charge in [-0.1, -0.05) is 88.1 Å². The molecule has 0 radical (unpaired) electrons. The van der Waals surface area contributed by atoms with Gasteiger partial charge in [-0.05, 0) is 72.5 Å². The van der Waals surface area contributed by atoms with Gasteiger partial charge in [0.2, 0.25) is 0 Å². The Morgan fingerprint density at radius 2 is 1.12 bits per heavy atom. The van der Waals surface area contributed by atoms with E-state index in [0.717, 1.165) is 30.2 Å². The predicted octanol–water partition coefficient (Wildman–Crippen LogP) is 8.58. The molecule has 0 heterocycles. The Bertz CT molecular complexity index is 826. The second kappa shape index (κ2) is 10.5. The van der Waals surface area contributed by atoms with Crippen LogP contribution in [0.5, 0.6) is 0 Å². The lowest BCUT2D eigenvalue weighted by Crippen LogP contribution is -2.20. The maximum absolute atomic E-state index is 14.6. The number of benzene rings is 2. The van der Waals surface area contributed by atoms with Gasteiger partial charge in [-0.15, -0.1) is 0 Å². The minimum atomic E-state index is -3.25. The van der Waals surface area contributed by atoms with Gasteiger partial charge in [0.25, 0.3) is 0 Å². The Balaban J connectivity index is 1.26. The minimum absolute atomic E-state index is 0.00948. The predicted molar refractivity (Wildman–Crippen MR) is 127 cm³/mol. The standard InChI is InChI=1S/C29H38F2O/c1-21-3-9-24(10-4-21)26-13-7-23(8-14-26)19-20-32-29(30,31)28-17-15-27(16-18-28)25-11-5-22(2)6-12-25/h7-8,13-18,21-22,24-25H,3-6,9-12,19-20H2,1-2H3/t21-,22-,24-,25-. The first kappa shape index (κ1) is 23.4. The van der Waals surface area contributed by atoms with E-state index in [9.17, 15) is 8.78 Å². The van der Waals surface area contributed by atoms with Crippen molar-refractivity contribution in [2.24, 2.45) is 11.8 Å². The van der Waals surface area contributed by atoms with Crippen molar-refractivity contribution in [3.8, 4) is 0 Å². The quantitative estimate of drug-likeness (QED) is 0.419. The lowest BCUT2D eigenvalue weighted by atomic mass is 9.79. The molecule has 0 amide bonds. The number of rotatable bonds is 7. The molecule has 2 aromatic rings. The van der Waals surface area contributed by atoms with Crippen molar-refractivity contribution in [2.75, 3.05) is 6.61 Å². The molecule has 0 N–H and O–H groups in total. The van der Waals surface area contributed by atoms with Gasteiger partial charge in [-0.3, -0.25) is 0 Å². The highest BCUT2D eigenvalue weighted by Crippen LogP contribution is 2.38.